The Morgan fingerprint density at radius 1 is 1.38 bits per heavy atom. The summed E-state index contributed by atoms with van der Waals surface area (Å²) in [4.78, 5) is 14.6. The normalized spacial score (nSPS) is 15.0. The number of benzene rings is 1. The van der Waals surface area contributed by atoms with Crippen LogP contribution in [0.1, 0.15) is 29.0 Å². The van der Waals surface area contributed by atoms with Crippen LogP contribution in [0.5, 0.6) is 0 Å². The monoisotopic (exact) mass is 401 g/mol. The first-order valence-corrected chi connectivity index (χ1v) is 8.70. The second-order valence-electron chi connectivity index (χ2n) is 6.33. The van der Waals surface area contributed by atoms with E-state index in [-0.39, 0.29) is 23.3 Å². The molecule has 1 aliphatic heterocycles. The topological polar surface area (TPSA) is 63.1 Å². The van der Waals surface area contributed by atoms with Crippen LogP contribution in [0, 0.1) is 18.7 Å². The molecular weight excluding hydrogens is 380 g/mol. The molecule has 0 unspecified atom stereocenters. The van der Waals surface area contributed by atoms with Crippen molar-refractivity contribution in [1.29, 1.82) is 0 Å². The van der Waals surface area contributed by atoms with Crippen LogP contribution in [0.4, 0.5) is 4.39 Å². The Morgan fingerprint density at radius 3 is 2.69 bits per heavy atom. The molecule has 0 aliphatic carbocycles. The van der Waals surface area contributed by atoms with Gasteiger partial charge in [-0.3, -0.25) is 4.79 Å². The van der Waals surface area contributed by atoms with Crippen LogP contribution >= 0.6 is 24.0 Å². The predicted molar refractivity (Wildman–Crippen MR) is 101 cm³/mol. The van der Waals surface area contributed by atoms with Gasteiger partial charge in [-0.2, -0.15) is 0 Å². The third kappa shape index (κ3) is 4.16. The summed E-state index contributed by atoms with van der Waals surface area (Å²) in [5.41, 5.74) is 1.51. The largest absolute Gasteiger partial charge is 0.337 e. The Hall–Kier alpha value is -1.70. The van der Waals surface area contributed by atoms with E-state index in [0.717, 1.165) is 32.5 Å². The van der Waals surface area contributed by atoms with E-state index in [1.807, 2.05) is 11.9 Å². The molecule has 1 aliphatic rings. The molecular formula is C17H22Cl2FN5O. The van der Waals surface area contributed by atoms with Gasteiger partial charge in [0.05, 0.1) is 16.4 Å². The zero-order chi connectivity index (χ0) is 18.0. The number of halogens is 3. The molecule has 3 rings (SSSR count). The van der Waals surface area contributed by atoms with Crippen LogP contribution in [0.15, 0.2) is 18.2 Å². The summed E-state index contributed by atoms with van der Waals surface area (Å²) in [5, 5.41) is 11.3. The molecule has 6 nitrogen and oxygen atoms in total. The lowest BCUT2D eigenvalue weighted by Crippen LogP contribution is -2.40. The minimum absolute atomic E-state index is 0. The predicted octanol–water partition coefficient (Wildman–Crippen LogP) is 2.86. The molecule has 26 heavy (non-hydrogen) atoms. The second kappa shape index (κ2) is 8.79. The fourth-order valence-corrected chi connectivity index (χ4v) is 3.34. The van der Waals surface area contributed by atoms with Crippen LogP contribution in [0.25, 0.3) is 5.69 Å². The fraction of sp³-hybridized carbons (Fsp3) is 0.471. The van der Waals surface area contributed by atoms with Gasteiger partial charge < -0.3 is 10.2 Å². The van der Waals surface area contributed by atoms with E-state index in [1.165, 1.54) is 16.8 Å². The van der Waals surface area contributed by atoms with E-state index in [2.05, 4.69) is 15.6 Å². The average molecular weight is 402 g/mol. The van der Waals surface area contributed by atoms with E-state index in [9.17, 15) is 9.18 Å². The van der Waals surface area contributed by atoms with Crippen LogP contribution in [-0.4, -0.2) is 52.5 Å². The van der Waals surface area contributed by atoms with Crippen molar-refractivity contribution in [1.82, 2.24) is 25.2 Å². The molecule has 1 aromatic heterocycles. The Balaban J connectivity index is 0.00000243. The molecule has 142 valence electrons. The number of nitrogens with one attached hydrogen (secondary N) is 1. The number of piperidine rings is 1. The summed E-state index contributed by atoms with van der Waals surface area (Å²) in [7, 11) is 1.95. The lowest BCUT2D eigenvalue weighted by molar-refractivity contribution is 0.0684. The van der Waals surface area contributed by atoms with E-state index in [1.54, 1.807) is 13.0 Å². The van der Waals surface area contributed by atoms with E-state index in [0.29, 0.717) is 23.0 Å². The average Bonchev–Trinajstić information content (AvgIpc) is 2.99. The number of rotatable bonds is 4. The van der Waals surface area contributed by atoms with Crippen LogP contribution in [0.2, 0.25) is 5.02 Å². The zero-order valence-electron chi connectivity index (χ0n) is 14.7. The molecule has 2 aromatic rings. The highest BCUT2D eigenvalue weighted by Crippen LogP contribution is 2.22. The van der Waals surface area contributed by atoms with Gasteiger partial charge in [0, 0.05) is 13.1 Å². The first-order valence-electron chi connectivity index (χ1n) is 8.33. The summed E-state index contributed by atoms with van der Waals surface area (Å²) in [6.45, 7) is 4.19. The maximum absolute atomic E-state index is 13.3. The molecule has 0 bridgehead atoms. The van der Waals surface area contributed by atoms with Crippen molar-refractivity contribution in [2.75, 3.05) is 26.7 Å². The Kier molecular flexibility index (Phi) is 6.97. The molecule has 0 spiro atoms. The molecule has 0 saturated carbocycles. The number of carbonyl (C=O) groups is 1. The lowest BCUT2D eigenvalue weighted by atomic mass is 9.96. The van der Waals surface area contributed by atoms with Gasteiger partial charge in [0.25, 0.3) is 5.91 Å². The molecule has 1 fully saturated rings. The molecule has 1 amide bonds. The molecule has 2 heterocycles. The van der Waals surface area contributed by atoms with E-state index in [4.69, 9.17) is 11.6 Å². The minimum atomic E-state index is -0.496. The first kappa shape index (κ1) is 20.6. The minimum Gasteiger partial charge on any atom is -0.337 e. The van der Waals surface area contributed by atoms with Crippen molar-refractivity contribution in [2.24, 2.45) is 5.92 Å². The number of aromatic nitrogens is 3. The highest BCUT2D eigenvalue weighted by Gasteiger charge is 2.27. The Labute approximate surface area is 163 Å². The number of carbonyl (C=O) groups excluding carboxylic acids is 1. The van der Waals surface area contributed by atoms with E-state index >= 15 is 0 Å². The SMILES string of the molecule is CNCC1CCN(C(=O)c2nnn(-c3ccc(F)c(Cl)c3)c2C)CC1.Cl. The maximum atomic E-state index is 13.3. The van der Waals surface area contributed by atoms with Crippen LogP contribution in [-0.2, 0) is 0 Å². The van der Waals surface area contributed by atoms with Crippen molar-refractivity contribution < 1.29 is 9.18 Å². The van der Waals surface area contributed by atoms with Gasteiger partial charge in [-0.05, 0) is 57.5 Å². The first-order chi connectivity index (χ1) is 12.0. The summed E-state index contributed by atoms with van der Waals surface area (Å²) >= 11 is 5.83. The van der Waals surface area contributed by atoms with Crippen molar-refractivity contribution in [3.05, 3.63) is 40.4 Å². The van der Waals surface area contributed by atoms with E-state index < -0.39 is 5.82 Å². The molecule has 1 aromatic carbocycles. The standard InChI is InChI=1S/C17H21ClFN5O.ClH/c1-11-16(17(25)23-7-5-12(6-8-23)10-20-2)21-22-24(11)13-3-4-15(19)14(18)9-13;/h3-4,9,12,20H,5-8,10H2,1-2H3;1H. The lowest BCUT2D eigenvalue weighted by Gasteiger charge is -2.31. The van der Waals surface area contributed by atoms with Crippen molar-refractivity contribution in [2.45, 2.75) is 19.8 Å². The maximum Gasteiger partial charge on any atom is 0.276 e. The Bertz CT molecular complexity index is 775. The Morgan fingerprint density at radius 2 is 2.08 bits per heavy atom. The zero-order valence-corrected chi connectivity index (χ0v) is 16.3. The summed E-state index contributed by atoms with van der Waals surface area (Å²) in [6.07, 6.45) is 1.96. The smallest absolute Gasteiger partial charge is 0.276 e. The van der Waals surface area contributed by atoms with Gasteiger partial charge in [0.1, 0.15) is 5.82 Å². The third-order valence-electron chi connectivity index (χ3n) is 4.64. The van der Waals surface area contributed by atoms with Gasteiger partial charge in [0.15, 0.2) is 5.69 Å². The summed E-state index contributed by atoms with van der Waals surface area (Å²) in [5.74, 6) is -0.00372. The van der Waals surface area contributed by atoms with Crippen molar-refractivity contribution >= 4 is 29.9 Å². The van der Waals surface area contributed by atoms with Crippen LogP contribution < -0.4 is 5.32 Å². The number of hydrogen-bond acceptors (Lipinski definition) is 4. The highest BCUT2D eigenvalue weighted by atomic mass is 35.5. The summed E-state index contributed by atoms with van der Waals surface area (Å²) < 4.78 is 14.8. The molecule has 1 saturated heterocycles. The highest BCUT2D eigenvalue weighted by molar-refractivity contribution is 6.30. The van der Waals surface area contributed by atoms with Gasteiger partial charge in [-0.25, -0.2) is 9.07 Å². The van der Waals surface area contributed by atoms with Gasteiger partial charge in [-0.15, -0.1) is 17.5 Å². The number of likely N-dealkylation sites (tertiary alicyclic amines) is 1. The molecule has 0 atom stereocenters. The number of nitrogens with zero attached hydrogens (tertiary/aromatic N) is 4. The molecule has 9 heteroatoms. The second-order valence-corrected chi connectivity index (χ2v) is 6.73. The molecule has 1 N–H and O–H groups in total. The fourth-order valence-electron chi connectivity index (χ4n) is 3.17. The van der Waals surface area contributed by atoms with Crippen molar-refractivity contribution in [3.8, 4) is 5.69 Å². The quantitative estimate of drug-likeness (QED) is 0.855. The van der Waals surface area contributed by atoms with Gasteiger partial charge >= 0.3 is 0 Å². The number of amides is 1. The molecule has 0 radical (unpaired) electrons. The third-order valence-corrected chi connectivity index (χ3v) is 4.93. The van der Waals surface area contributed by atoms with Crippen molar-refractivity contribution in [3.63, 3.8) is 0 Å². The van der Waals surface area contributed by atoms with Gasteiger partial charge in [-0.1, -0.05) is 16.8 Å². The van der Waals surface area contributed by atoms with Gasteiger partial charge in [0.2, 0.25) is 0 Å². The summed E-state index contributed by atoms with van der Waals surface area (Å²) in [6, 6.07) is 4.29. The van der Waals surface area contributed by atoms with Crippen LogP contribution in [0.3, 0.4) is 0 Å². The number of hydrogen-bond donors (Lipinski definition) is 1.